The highest BCUT2D eigenvalue weighted by Crippen LogP contribution is 2.38. The first-order valence-corrected chi connectivity index (χ1v) is 6.71. The third-order valence-corrected chi connectivity index (χ3v) is 2.85. The molecule has 1 aliphatic rings. The fraction of sp³-hybridized carbons (Fsp3) is 0.500. The zero-order valence-corrected chi connectivity index (χ0v) is 11.8. The zero-order valence-electron chi connectivity index (χ0n) is 11.8. The number of fused-ring (bicyclic) bond motifs is 1. The average molecular weight is 280 g/mol. The van der Waals surface area contributed by atoms with Gasteiger partial charge in [0.25, 0.3) is 5.91 Å². The topological polar surface area (TPSA) is 68.8 Å². The molecule has 6 nitrogen and oxygen atoms in total. The molecule has 1 aromatic rings. The van der Waals surface area contributed by atoms with Gasteiger partial charge in [-0.25, -0.2) is 0 Å². The smallest absolute Gasteiger partial charge is 0.257 e. The molecule has 0 unspecified atom stereocenters. The van der Waals surface area contributed by atoms with Crippen molar-refractivity contribution in [3.8, 4) is 17.2 Å². The van der Waals surface area contributed by atoms with Crippen LogP contribution < -0.4 is 24.8 Å². The lowest BCUT2D eigenvalue weighted by Crippen LogP contribution is -2.29. The number of nitrogens with one attached hydrogen (secondary N) is 2. The summed E-state index contributed by atoms with van der Waals surface area (Å²) in [5.41, 5.74) is 0.931. The van der Waals surface area contributed by atoms with Crippen molar-refractivity contribution in [2.24, 2.45) is 0 Å². The molecule has 0 aliphatic carbocycles. The lowest BCUT2D eigenvalue weighted by atomic mass is 10.1. The normalized spacial score (nSPS) is 12.3. The molecular formula is C14H20N2O4. The molecule has 110 valence electrons. The van der Waals surface area contributed by atoms with Gasteiger partial charge in [-0.05, 0) is 19.5 Å². The van der Waals surface area contributed by atoms with Crippen LogP contribution in [-0.4, -0.2) is 32.9 Å². The number of carbonyl (C=O) groups excluding carboxylic acids is 1. The second kappa shape index (κ2) is 7.00. The Morgan fingerprint density at radius 1 is 1.35 bits per heavy atom. The van der Waals surface area contributed by atoms with Crippen LogP contribution in [-0.2, 0) is 11.3 Å². The van der Waals surface area contributed by atoms with E-state index in [0.717, 1.165) is 12.0 Å². The van der Waals surface area contributed by atoms with Crippen LogP contribution in [0.5, 0.6) is 17.2 Å². The summed E-state index contributed by atoms with van der Waals surface area (Å²) in [6, 6.07) is 3.64. The molecule has 1 aliphatic heterocycles. The molecule has 0 aromatic heterocycles. The standard InChI is InChI=1S/C14H20N2O4/c1-3-4-16-14(17)8-18-11-6-13-12(19-9-20-13)5-10(11)7-15-2/h5-6,15H,3-4,7-9H2,1-2H3,(H,16,17). The molecule has 0 saturated heterocycles. The Morgan fingerprint density at radius 2 is 2.10 bits per heavy atom. The van der Waals surface area contributed by atoms with Crippen molar-refractivity contribution in [3.63, 3.8) is 0 Å². The highest BCUT2D eigenvalue weighted by atomic mass is 16.7. The molecule has 1 amide bonds. The van der Waals surface area contributed by atoms with Crippen molar-refractivity contribution in [2.45, 2.75) is 19.9 Å². The van der Waals surface area contributed by atoms with Crippen LogP contribution in [0.3, 0.4) is 0 Å². The van der Waals surface area contributed by atoms with E-state index in [0.29, 0.717) is 30.3 Å². The molecule has 0 spiro atoms. The summed E-state index contributed by atoms with van der Waals surface area (Å²) in [5, 5.41) is 5.83. The summed E-state index contributed by atoms with van der Waals surface area (Å²) in [5.74, 6) is 1.86. The number of carbonyl (C=O) groups is 1. The van der Waals surface area contributed by atoms with E-state index in [-0.39, 0.29) is 19.3 Å². The van der Waals surface area contributed by atoms with E-state index >= 15 is 0 Å². The van der Waals surface area contributed by atoms with Gasteiger partial charge in [-0.1, -0.05) is 6.92 Å². The molecule has 1 heterocycles. The highest BCUT2D eigenvalue weighted by Gasteiger charge is 2.18. The highest BCUT2D eigenvalue weighted by molar-refractivity contribution is 5.77. The van der Waals surface area contributed by atoms with Crippen molar-refractivity contribution >= 4 is 5.91 Å². The number of rotatable bonds is 7. The first kappa shape index (κ1) is 14.5. The molecule has 0 atom stereocenters. The molecule has 1 aromatic carbocycles. The molecule has 0 saturated carbocycles. The number of hydrogen-bond acceptors (Lipinski definition) is 5. The Hall–Kier alpha value is -1.95. The minimum absolute atomic E-state index is 0.00361. The summed E-state index contributed by atoms with van der Waals surface area (Å²) in [6.07, 6.45) is 0.904. The van der Waals surface area contributed by atoms with Crippen molar-refractivity contribution in [1.82, 2.24) is 10.6 Å². The maximum atomic E-state index is 11.6. The van der Waals surface area contributed by atoms with Crippen LogP contribution in [0.4, 0.5) is 0 Å². The quantitative estimate of drug-likeness (QED) is 0.781. The monoisotopic (exact) mass is 280 g/mol. The van der Waals surface area contributed by atoms with Gasteiger partial charge < -0.3 is 24.8 Å². The van der Waals surface area contributed by atoms with Crippen LogP contribution in [0.1, 0.15) is 18.9 Å². The third-order valence-electron chi connectivity index (χ3n) is 2.85. The second-order valence-electron chi connectivity index (χ2n) is 4.48. The molecule has 2 N–H and O–H groups in total. The largest absolute Gasteiger partial charge is 0.483 e. The fourth-order valence-electron chi connectivity index (χ4n) is 1.89. The molecule has 20 heavy (non-hydrogen) atoms. The summed E-state index contributed by atoms with van der Waals surface area (Å²) >= 11 is 0. The number of amides is 1. The molecule has 0 radical (unpaired) electrons. The number of ether oxygens (including phenoxy) is 3. The van der Waals surface area contributed by atoms with E-state index in [1.807, 2.05) is 20.0 Å². The first-order chi connectivity index (χ1) is 9.74. The maximum Gasteiger partial charge on any atom is 0.257 e. The first-order valence-electron chi connectivity index (χ1n) is 6.71. The van der Waals surface area contributed by atoms with Crippen LogP contribution in [0.25, 0.3) is 0 Å². The van der Waals surface area contributed by atoms with Crippen molar-refractivity contribution in [3.05, 3.63) is 17.7 Å². The second-order valence-corrected chi connectivity index (χ2v) is 4.48. The van der Waals surface area contributed by atoms with Crippen LogP contribution in [0.2, 0.25) is 0 Å². The molecule has 6 heteroatoms. The molecule has 0 bridgehead atoms. The summed E-state index contributed by atoms with van der Waals surface area (Å²) < 4.78 is 16.2. The molecule has 2 rings (SSSR count). The van der Waals surface area contributed by atoms with Crippen LogP contribution in [0.15, 0.2) is 12.1 Å². The Kier molecular flexibility index (Phi) is 5.06. The van der Waals surface area contributed by atoms with Gasteiger partial charge in [-0.2, -0.15) is 0 Å². The Labute approximate surface area is 118 Å². The SMILES string of the molecule is CCCNC(=O)COc1cc2c(cc1CNC)OCO2. The Balaban J connectivity index is 2.04. The van der Waals surface area contributed by atoms with Gasteiger partial charge in [-0.3, -0.25) is 4.79 Å². The minimum Gasteiger partial charge on any atom is -0.483 e. The van der Waals surface area contributed by atoms with Gasteiger partial charge in [-0.15, -0.1) is 0 Å². The summed E-state index contributed by atoms with van der Waals surface area (Å²) in [6.45, 7) is 3.50. The van der Waals surface area contributed by atoms with Gasteiger partial charge in [0.2, 0.25) is 6.79 Å². The van der Waals surface area contributed by atoms with Crippen molar-refractivity contribution in [2.75, 3.05) is 27.0 Å². The van der Waals surface area contributed by atoms with E-state index in [4.69, 9.17) is 14.2 Å². The van der Waals surface area contributed by atoms with Crippen molar-refractivity contribution < 1.29 is 19.0 Å². The predicted molar refractivity (Wildman–Crippen MR) is 74.1 cm³/mol. The van der Waals surface area contributed by atoms with Crippen molar-refractivity contribution in [1.29, 1.82) is 0 Å². The summed E-state index contributed by atoms with van der Waals surface area (Å²) in [7, 11) is 1.85. The van der Waals surface area contributed by atoms with E-state index in [1.54, 1.807) is 6.07 Å². The third kappa shape index (κ3) is 3.54. The number of benzene rings is 1. The lowest BCUT2D eigenvalue weighted by molar-refractivity contribution is -0.123. The van der Waals surface area contributed by atoms with E-state index < -0.39 is 0 Å². The maximum absolute atomic E-state index is 11.6. The van der Waals surface area contributed by atoms with Gasteiger partial charge in [0.05, 0.1) is 0 Å². The van der Waals surface area contributed by atoms with Gasteiger partial charge in [0, 0.05) is 24.7 Å². The van der Waals surface area contributed by atoms with E-state index in [2.05, 4.69) is 10.6 Å². The van der Waals surface area contributed by atoms with E-state index in [1.165, 1.54) is 0 Å². The average Bonchev–Trinajstić information content (AvgIpc) is 2.90. The fourth-order valence-corrected chi connectivity index (χ4v) is 1.89. The Bertz CT molecular complexity index is 476. The predicted octanol–water partition coefficient (Wildman–Crippen LogP) is 1.04. The number of hydrogen-bond donors (Lipinski definition) is 2. The van der Waals surface area contributed by atoms with Gasteiger partial charge in [0.1, 0.15) is 5.75 Å². The van der Waals surface area contributed by atoms with Gasteiger partial charge in [0.15, 0.2) is 18.1 Å². The minimum atomic E-state index is -0.125. The molecule has 0 fully saturated rings. The molecular weight excluding hydrogens is 260 g/mol. The lowest BCUT2D eigenvalue weighted by Gasteiger charge is -2.12. The van der Waals surface area contributed by atoms with Crippen LogP contribution >= 0.6 is 0 Å². The van der Waals surface area contributed by atoms with E-state index in [9.17, 15) is 4.79 Å². The van der Waals surface area contributed by atoms with Gasteiger partial charge >= 0.3 is 0 Å². The summed E-state index contributed by atoms with van der Waals surface area (Å²) in [4.78, 5) is 11.6. The van der Waals surface area contributed by atoms with Crippen LogP contribution in [0, 0.1) is 0 Å². The zero-order chi connectivity index (χ0) is 14.4. The Morgan fingerprint density at radius 3 is 2.80 bits per heavy atom.